The Balaban J connectivity index is 1.48. The predicted octanol–water partition coefficient (Wildman–Crippen LogP) is 4.73. The van der Waals surface area contributed by atoms with E-state index in [0.717, 1.165) is 31.2 Å². The SMILES string of the molecule is COc1cccc(C(=O)Nc2ccc(CN(C(=O)c3ccc(C#N)cc3)C3CCC(N)CC3)cc2)c1. The monoisotopic (exact) mass is 482 g/mol. The predicted molar refractivity (Wildman–Crippen MR) is 139 cm³/mol. The van der Waals surface area contributed by atoms with Gasteiger partial charge < -0.3 is 20.7 Å². The summed E-state index contributed by atoms with van der Waals surface area (Å²) in [5, 5.41) is 12.0. The van der Waals surface area contributed by atoms with Gasteiger partial charge >= 0.3 is 0 Å². The number of nitrogens with one attached hydrogen (secondary N) is 1. The van der Waals surface area contributed by atoms with Crippen LogP contribution in [0.5, 0.6) is 5.75 Å². The minimum Gasteiger partial charge on any atom is -0.497 e. The van der Waals surface area contributed by atoms with Crippen LogP contribution in [0.4, 0.5) is 5.69 Å². The molecule has 36 heavy (non-hydrogen) atoms. The van der Waals surface area contributed by atoms with Crippen LogP contribution in [0.15, 0.2) is 72.8 Å². The number of amides is 2. The van der Waals surface area contributed by atoms with Gasteiger partial charge in [0.25, 0.3) is 11.8 Å². The fourth-order valence-corrected chi connectivity index (χ4v) is 4.49. The topological polar surface area (TPSA) is 108 Å². The summed E-state index contributed by atoms with van der Waals surface area (Å²) in [5.74, 6) is 0.335. The lowest BCUT2D eigenvalue weighted by Crippen LogP contribution is -2.43. The molecule has 0 saturated heterocycles. The zero-order valence-corrected chi connectivity index (χ0v) is 20.3. The normalized spacial score (nSPS) is 17.0. The summed E-state index contributed by atoms with van der Waals surface area (Å²) in [6.07, 6.45) is 3.49. The molecular weight excluding hydrogens is 452 g/mol. The van der Waals surface area contributed by atoms with Gasteiger partial charge in [0.15, 0.2) is 0 Å². The van der Waals surface area contributed by atoms with Crippen LogP contribution in [0.2, 0.25) is 0 Å². The van der Waals surface area contributed by atoms with Gasteiger partial charge in [-0.25, -0.2) is 0 Å². The second kappa shape index (κ2) is 11.5. The van der Waals surface area contributed by atoms with Crippen molar-refractivity contribution in [1.29, 1.82) is 5.26 Å². The Morgan fingerprint density at radius 3 is 2.33 bits per heavy atom. The van der Waals surface area contributed by atoms with Crippen molar-refractivity contribution in [3.05, 3.63) is 95.1 Å². The summed E-state index contributed by atoms with van der Waals surface area (Å²) < 4.78 is 5.19. The molecule has 0 radical (unpaired) electrons. The largest absolute Gasteiger partial charge is 0.497 e. The number of methoxy groups -OCH3 is 1. The van der Waals surface area contributed by atoms with Crippen molar-refractivity contribution in [2.75, 3.05) is 12.4 Å². The first kappa shape index (κ1) is 25.0. The van der Waals surface area contributed by atoms with E-state index in [0.29, 0.717) is 34.7 Å². The maximum Gasteiger partial charge on any atom is 0.255 e. The van der Waals surface area contributed by atoms with Crippen molar-refractivity contribution in [3.8, 4) is 11.8 Å². The molecule has 1 aliphatic rings. The van der Waals surface area contributed by atoms with Gasteiger partial charge in [-0.15, -0.1) is 0 Å². The lowest BCUT2D eigenvalue weighted by Gasteiger charge is -2.36. The zero-order valence-electron chi connectivity index (χ0n) is 20.3. The number of nitriles is 1. The second-order valence-electron chi connectivity index (χ2n) is 9.07. The van der Waals surface area contributed by atoms with E-state index >= 15 is 0 Å². The third-order valence-electron chi connectivity index (χ3n) is 6.60. The molecule has 0 atom stereocenters. The molecule has 1 aliphatic carbocycles. The number of carbonyl (C=O) groups excluding carboxylic acids is 2. The highest BCUT2D eigenvalue weighted by atomic mass is 16.5. The Hall–Kier alpha value is -4.15. The van der Waals surface area contributed by atoms with Crippen molar-refractivity contribution in [2.24, 2.45) is 5.73 Å². The molecule has 4 rings (SSSR count). The average Bonchev–Trinajstić information content (AvgIpc) is 2.93. The number of rotatable bonds is 7. The van der Waals surface area contributed by atoms with Gasteiger partial charge in [0.1, 0.15) is 5.75 Å². The first-order chi connectivity index (χ1) is 17.5. The Morgan fingerprint density at radius 1 is 1.00 bits per heavy atom. The van der Waals surface area contributed by atoms with Crippen LogP contribution >= 0.6 is 0 Å². The first-order valence-corrected chi connectivity index (χ1v) is 12.1. The third kappa shape index (κ3) is 6.09. The number of hydrogen-bond acceptors (Lipinski definition) is 5. The van der Waals surface area contributed by atoms with Gasteiger partial charge in [-0.2, -0.15) is 5.26 Å². The fraction of sp³-hybridized carbons (Fsp3) is 0.276. The van der Waals surface area contributed by atoms with E-state index in [1.165, 1.54) is 0 Å². The smallest absolute Gasteiger partial charge is 0.255 e. The Kier molecular flexibility index (Phi) is 7.99. The Labute approximate surface area is 211 Å². The second-order valence-corrected chi connectivity index (χ2v) is 9.07. The highest BCUT2D eigenvalue weighted by Crippen LogP contribution is 2.26. The lowest BCUT2D eigenvalue weighted by molar-refractivity contribution is 0.0606. The van der Waals surface area contributed by atoms with Crippen LogP contribution in [0.1, 0.15) is 57.5 Å². The Morgan fingerprint density at radius 2 is 1.69 bits per heavy atom. The molecule has 0 heterocycles. The van der Waals surface area contributed by atoms with Crippen LogP contribution in [0.3, 0.4) is 0 Å². The highest BCUT2D eigenvalue weighted by Gasteiger charge is 2.28. The van der Waals surface area contributed by atoms with Crippen LogP contribution in [-0.2, 0) is 6.54 Å². The highest BCUT2D eigenvalue weighted by molar-refractivity contribution is 6.04. The number of hydrogen-bond donors (Lipinski definition) is 2. The molecule has 0 bridgehead atoms. The molecule has 0 spiro atoms. The number of ether oxygens (including phenoxy) is 1. The van der Waals surface area contributed by atoms with E-state index in [1.54, 1.807) is 55.6 Å². The van der Waals surface area contributed by atoms with Crippen LogP contribution < -0.4 is 15.8 Å². The van der Waals surface area contributed by atoms with Crippen molar-refractivity contribution in [3.63, 3.8) is 0 Å². The summed E-state index contributed by atoms with van der Waals surface area (Å²) in [7, 11) is 1.56. The van der Waals surface area contributed by atoms with Crippen molar-refractivity contribution in [2.45, 2.75) is 44.3 Å². The maximum absolute atomic E-state index is 13.5. The summed E-state index contributed by atoms with van der Waals surface area (Å²) in [4.78, 5) is 28.0. The standard InChI is InChI=1S/C29H30N4O3/c1-36-27-4-2-3-23(17-27)28(34)32-25-13-7-21(8-14-25)19-33(26-15-11-24(31)12-16-26)29(35)22-9-5-20(18-30)6-10-22/h2-10,13-14,17,24,26H,11-12,15-16,19,31H2,1H3,(H,32,34). The van der Waals surface area contributed by atoms with Crippen molar-refractivity contribution in [1.82, 2.24) is 4.90 Å². The summed E-state index contributed by atoms with van der Waals surface area (Å²) >= 11 is 0. The van der Waals surface area contributed by atoms with Gasteiger partial charge in [0.05, 0.1) is 18.7 Å². The maximum atomic E-state index is 13.5. The number of nitrogens with two attached hydrogens (primary N) is 1. The van der Waals surface area contributed by atoms with E-state index in [-0.39, 0.29) is 23.9 Å². The summed E-state index contributed by atoms with van der Waals surface area (Å²) in [5.41, 5.74) is 9.33. The molecule has 7 nitrogen and oxygen atoms in total. The lowest BCUT2D eigenvalue weighted by atomic mass is 9.90. The molecule has 0 unspecified atom stereocenters. The first-order valence-electron chi connectivity index (χ1n) is 12.1. The molecule has 184 valence electrons. The number of nitrogens with zero attached hydrogens (tertiary/aromatic N) is 2. The number of carbonyl (C=O) groups is 2. The summed E-state index contributed by atoms with van der Waals surface area (Å²) in [6.45, 7) is 0.447. The molecule has 3 N–H and O–H groups in total. The van der Waals surface area contributed by atoms with Crippen molar-refractivity contribution < 1.29 is 14.3 Å². The van der Waals surface area contributed by atoms with E-state index in [4.69, 9.17) is 15.7 Å². The van der Waals surface area contributed by atoms with E-state index in [9.17, 15) is 9.59 Å². The van der Waals surface area contributed by atoms with Gasteiger partial charge in [0.2, 0.25) is 0 Å². The van der Waals surface area contributed by atoms with Gasteiger partial charge in [-0.1, -0.05) is 18.2 Å². The minimum atomic E-state index is -0.224. The van der Waals surface area contributed by atoms with E-state index in [1.807, 2.05) is 29.2 Å². The van der Waals surface area contributed by atoms with Crippen LogP contribution in [-0.4, -0.2) is 35.9 Å². The van der Waals surface area contributed by atoms with Gasteiger partial charge in [-0.3, -0.25) is 9.59 Å². The van der Waals surface area contributed by atoms with Gasteiger partial charge in [-0.05, 0) is 85.8 Å². The van der Waals surface area contributed by atoms with Gasteiger partial charge in [0, 0.05) is 35.4 Å². The molecule has 7 heteroatoms. The molecule has 0 aromatic heterocycles. The van der Waals surface area contributed by atoms with Crippen LogP contribution in [0, 0.1) is 11.3 Å². The van der Waals surface area contributed by atoms with Crippen molar-refractivity contribution >= 4 is 17.5 Å². The number of benzene rings is 3. The molecule has 3 aromatic carbocycles. The molecular formula is C29H30N4O3. The number of anilines is 1. The molecule has 0 aliphatic heterocycles. The van der Waals surface area contributed by atoms with E-state index < -0.39 is 0 Å². The molecule has 1 fully saturated rings. The molecule has 2 amide bonds. The summed E-state index contributed by atoms with van der Waals surface area (Å²) in [6, 6.07) is 23.6. The third-order valence-corrected chi connectivity index (χ3v) is 6.60. The molecule has 3 aromatic rings. The zero-order chi connectivity index (χ0) is 25.5. The van der Waals surface area contributed by atoms with Crippen LogP contribution in [0.25, 0.3) is 0 Å². The minimum absolute atomic E-state index is 0.0598. The average molecular weight is 483 g/mol. The Bertz CT molecular complexity index is 1240. The van der Waals surface area contributed by atoms with E-state index in [2.05, 4.69) is 11.4 Å². The molecule has 1 saturated carbocycles. The fourth-order valence-electron chi connectivity index (χ4n) is 4.49. The quantitative estimate of drug-likeness (QED) is 0.506.